The van der Waals surface area contributed by atoms with Crippen molar-refractivity contribution in [2.75, 3.05) is 56.2 Å². The van der Waals surface area contributed by atoms with E-state index in [1.165, 1.54) is 49.8 Å². The molecule has 2 N–H and O–H groups in total. The average molecular weight is 491 g/mol. The number of anilines is 2. The minimum absolute atomic E-state index is 0.0516. The van der Waals surface area contributed by atoms with E-state index in [-0.39, 0.29) is 5.91 Å². The molecule has 0 bridgehead atoms. The van der Waals surface area contributed by atoms with Crippen molar-refractivity contribution in [1.82, 2.24) is 10.2 Å². The number of benzene rings is 2. The van der Waals surface area contributed by atoms with Crippen molar-refractivity contribution in [3.05, 3.63) is 59.2 Å². The van der Waals surface area contributed by atoms with Gasteiger partial charge in [-0.3, -0.25) is 9.69 Å². The molecule has 0 aromatic heterocycles. The van der Waals surface area contributed by atoms with Crippen LogP contribution in [0.2, 0.25) is 0 Å². The molecule has 5 rings (SSSR count). The topological polar surface area (TPSA) is 56.8 Å². The number of nitrogens with zero attached hydrogens (tertiary/aromatic N) is 2. The van der Waals surface area contributed by atoms with Gasteiger partial charge >= 0.3 is 0 Å². The molecule has 0 unspecified atom stereocenters. The van der Waals surface area contributed by atoms with Gasteiger partial charge in [0.2, 0.25) is 0 Å². The number of carbonyl (C=O) groups excluding carboxylic acids is 1. The van der Waals surface area contributed by atoms with Crippen LogP contribution in [-0.4, -0.2) is 68.3 Å². The van der Waals surface area contributed by atoms with Gasteiger partial charge < -0.3 is 20.3 Å². The fourth-order valence-electron chi connectivity index (χ4n) is 6.37. The molecule has 3 aliphatic rings. The van der Waals surface area contributed by atoms with Crippen LogP contribution < -0.4 is 15.5 Å². The van der Waals surface area contributed by atoms with Crippen LogP contribution >= 0.6 is 0 Å². The number of amides is 1. The number of carbonyl (C=O) groups is 1. The number of rotatable bonds is 7. The maximum Gasteiger partial charge on any atom is 0.255 e. The summed E-state index contributed by atoms with van der Waals surface area (Å²) in [6.07, 6.45) is 7.71. The Morgan fingerprint density at radius 1 is 0.972 bits per heavy atom. The third-order valence-corrected chi connectivity index (χ3v) is 8.55. The van der Waals surface area contributed by atoms with E-state index in [2.05, 4.69) is 32.6 Å². The zero-order valence-electron chi connectivity index (χ0n) is 22.0. The molecule has 6 heteroatoms. The summed E-state index contributed by atoms with van der Waals surface area (Å²) in [7, 11) is 0. The molecule has 1 amide bonds. The number of hydrogen-bond donors (Lipinski definition) is 2. The maximum absolute atomic E-state index is 12.7. The Hall–Kier alpha value is -2.41. The Bertz CT molecular complexity index is 1020. The lowest BCUT2D eigenvalue weighted by atomic mass is 9.93. The van der Waals surface area contributed by atoms with Crippen LogP contribution in [0.5, 0.6) is 0 Å². The van der Waals surface area contributed by atoms with E-state index in [4.69, 9.17) is 4.74 Å². The molecule has 0 atom stereocenters. The highest BCUT2D eigenvalue weighted by atomic mass is 16.5. The van der Waals surface area contributed by atoms with Crippen LogP contribution in [0.4, 0.5) is 11.4 Å². The van der Waals surface area contributed by atoms with Crippen LogP contribution in [0, 0.1) is 13.8 Å². The number of morpholine rings is 1. The Labute approximate surface area is 216 Å². The van der Waals surface area contributed by atoms with E-state index in [0.717, 1.165) is 62.8 Å². The normalized spacial score (nSPS) is 21.0. The molecular formula is C30H42N4O2. The number of aryl methyl sites for hydroxylation is 2. The van der Waals surface area contributed by atoms with Crippen molar-refractivity contribution in [2.24, 2.45) is 0 Å². The molecule has 2 aromatic rings. The molecule has 194 valence electrons. The highest BCUT2D eigenvalue weighted by Crippen LogP contribution is 2.35. The van der Waals surface area contributed by atoms with E-state index in [1.807, 2.05) is 44.2 Å². The van der Waals surface area contributed by atoms with E-state index in [9.17, 15) is 4.79 Å². The van der Waals surface area contributed by atoms with Crippen molar-refractivity contribution < 1.29 is 9.53 Å². The highest BCUT2D eigenvalue weighted by molar-refractivity contribution is 6.05. The van der Waals surface area contributed by atoms with E-state index in [1.54, 1.807) is 0 Å². The lowest BCUT2D eigenvalue weighted by Gasteiger charge is -2.45. The van der Waals surface area contributed by atoms with Crippen LogP contribution in [0.15, 0.2) is 42.5 Å². The Balaban J connectivity index is 1.11. The third kappa shape index (κ3) is 5.77. The Morgan fingerprint density at radius 3 is 2.33 bits per heavy atom. The molecule has 0 spiro atoms. The van der Waals surface area contributed by atoms with Gasteiger partial charge in [0, 0.05) is 61.2 Å². The molecule has 0 radical (unpaired) electrons. The summed E-state index contributed by atoms with van der Waals surface area (Å²) < 4.78 is 5.62. The number of nitrogens with one attached hydrogen (secondary N) is 2. The standard InChI is InChI=1S/C30H42N4O2/c1-23-5-10-28(24(2)21-23)29(35)32-26-6-8-27(9-7-26)33-15-11-25(12-16-33)31-22-30(13-3-4-14-30)34-17-19-36-20-18-34/h5-10,21,25,31H,3-4,11-20,22H2,1-2H3,(H,32,35). The van der Waals surface area contributed by atoms with Gasteiger partial charge in [-0.1, -0.05) is 30.5 Å². The first kappa shape index (κ1) is 25.2. The van der Waals surface area contributed by atoms with Gasteiger partial charge in [-0.05, 0) is 75.4 Å². The largest absolute Gasteiger partial charge is 0.379 e. The molecule has 36 heavy (non-hydrogen) atoms. The fraction of sp³-hybridized carbons (Fsp3) is 0.567. The third-order valence-electron chi connectivity index (χ3n) is 8.55. The second-order valence-corrected chi connectivity index (χ2v) is 11.0. The van der Waals surface area contributed by atoms with Gasteiger partial charge in [0.25, 0.3) is 5.91 Å². The van der Waals surface area contributed by atoms with Crippen LogP contribution in [0.3, 0.4) is 0 Å². The van der Waals surface area contributed by atoms with E-state index >= 15 is 0 Å². The predicted molar refractivity (Wildman–Crippen MR) is 147 cm³/mol. The first-order chi connectivity index (χ1) is 17.5. The molecule has 2 saturated heterocycles. The fourth-order valence-corrected chi connectivity index (χ4v) is 6.37. The zero-order chi connectivity index (χ0) is 25.0. The Morgan fingerprint density at radius 2 is 1.67 bits per heavy atom. The van der Waals surface area contributed by atoms with E-state index in [0.29, 0.717) is 11.6 Å². The second-order valence-electron chi connectivity index (χ2n) is 11.0. The van der Waals surface area contributed by atoms with Crippen molar-refractivity contribution in [3.63, 3.8) is 0 Å². The van der Waals surface area contributed by atoms with Gasteiger partial charge in [0.1, 0.15) is 0 Å². The number of ether oxygens (including phenoxy) is 1. The molecule has 2 aromatic carbocycles. The zero-order valence-corrected chi connectivity index (χ0v) is 22.0. The molecule has 1 aliphatic carbocycles. The average Bonchev–Trinajstić information content (AvgIpc) is 3.39. The van der Waals surface area contributed by atoms with Gasteiger partial charge in [-0.2, -0.15) is 0 Å². The van der Waals surface area contributed by atoms with E-state index < -0.39 is 0 Å². The molecule has 6 nitrogen and oxygen atoms in total. The molecule has 1 saturated carbocycles. The first-order valence-electron chi connectivity index (χ1n) is 13.8. The molecule has 2 heterocycles. The van der Waals surface area contributed by atoms with Crippen LogP contribution in [-0.2, 0) is 4.74 Å². The summed E-state index contributed by atoms with van der Waals surface area (Å²) in [5.41, 5.74) is 5.32. The van der Waals surface area contributed by atoms with Gasteiger partial charge in [-0.25, -0.2) is 0 Å². The second kappa shape index (κ2) is 11.3. The van der Waals surface area contributed by atoms with Gasteiger partial charge in [-0.15, -0.1) is 0 Å². The minimum atomic E-state index is -0.0516. The molecular weight excluding hydrogens is 448 g/mol. The molecule has 3 fully saturated rings. The number of piperidine rings is 1. The summed E-state index contributed by atoms with van der Waals surface area (Å²) in [6.45, 7) is 11.2. The quantitative estimate of drug-likeness (QED) is 0.586. The molecule has 2 aliphatic heterocycles. The minimum Gasteiger partial charge on any atom is -0.379 e. The summed E-state index contributed by atoms with van der Waals surface area (Å²) in [5.74, 6) is -0.0516. The van der Waals surface area contributed by atoms with Gasteiger partial charge in [0.15, 0.2) is 0 Å². The van der Waals surface area contributed by atoms with Crippen LogP contribution in [0.1, 0.15) is 60.0 Å². The summed E-state index contributed by atoms with van der Waals surface area (Å²) >= 11 is 0. The van der Waals surface area contributed by atoms with Crippen molar-refractivity contribution in [3.8, 4) is 0 Å². The van der Waals surface area contributed by atoms with Crippen molar-refractivity contribution >= 4 is 17.3 Å². The first-order valence-corrected chi connectivity index (χ1v) is 13.8. The van der Waals surface area contributed by atoms with Crippen LogP contribution in [0.25, 0.3) is 0 Å². The maximum atomic E-state index is 12.7. The lowest BCUT2D eigenvalue weighted by molar-refractivity contribution is -0.0214. The SMILES string of the molecule is Cc1ccc(C(=O)Nc2ccc(N3CCC(NCC4(N5CCOCC5)CCCC4)CC3)cc2)c(C)c1. The van der Waals surface area contributed by atoms with Gasteiger partial charge in [0.05, 0.1) is 13.2 Å². The van der Waals surface area contributed by atoms with Crippen molar-refractivity contribution in [2.45, 2.75) is 64.0 Å². The summed E-state index contributed by atoms with van der Waals surface area (Å²) in [6, 6.07) is 14.8. The number of hydrogen-bond acceptors (Lipinski definition) is 5. The monoisotopic (exact) mass is 490 g/mol. The smallest absolute Gasteiger partial charge is 0.255 e. The summed E-state index contributed by atoms with van der Waals surface area (Å²) in [5, 5.41) is 7.02. The Kier molecular flexibility index (Phi) is 7.94. The summed E-state index contributed by atoms with van der Waals surface area (Å²) in [4.78, 5) is 17.9. The highest BCUT2D eigenvalue weighted by Gasteiger charge is 2.40. The lowest BCUT2D eigenvalue weighted by Crippen LogP contribution is -2.58. The van der Waals surface area contributed by atoms with Crippen molar-refractivity contribution in [1.29, 1.82) is 0 Å². The predicted octanol–water partition coefficient (Wildman–Crippen LogP) is 4.76.